The highest BCUT2D eigenvalue weighted by molar-refractivity contribution is 7.99. The average molecular weight is 269 g/mol. The zero-order valence-corrected chi connectivity index (χ0v) is 12.5. The zero-order valence-electron chi connectivity index (χ0n) is 11.7. The van der Waals surface area contributed by atoms with Crippen LogP contribution in [0, 0.1) is 5.92 Å². The molecule has 2 atom stereocenters. The molecule has 0 amide bonds. The zero-order chi connectivity index (χ0) is 13.2. The molecule has 0 bridgehead atoms. The summed E-state index contributed by atoms with van der Waals surface area (Å²) in [6.07, 6.45) is 2.32. The Bertz CT molecular complexity index is 386. The highest BCUT2D eigenvalue weighted by atomic mass is 32.2. The van der Waals surface area contributed by atoms with Crippen molar-refractivity contribution in [3.05, 3.63) is 11.7 Å². The van der Waals surface area contributed by atoms with Gasteiger partial charge in [0.1, 0.15) is 0 Å². The molecular formula is C13H23N3OS. The van der Waals surface area contributed by atoms with Gasteiger partial charge < -0.3 is 9.84 Å². The SMILES string of the molecule is CC1CCNC(c2nc(CSC(C)(C)C)no2)C1. The van der Waals surface area contributed by atoms with Crippen molar-refractivity contribution in [1.82, 2.24) is 15.5 Å². The minimum absolute atomic E-state index is 0.235. The number of thioether (sulfide) groups is 1. The van der Waals surface area contributed by atoms with Crippen LogP contribution in [0.25, 0.3) is 0 Å². The lowest BCUT2D eigenvalue weighted by Gasteiger charge is -2.25. The Labute approximate surface area is 113 Å². The topological polar surface area (TPSA) is 51.0 Å². The van der Waals surface area contributed by atoms with Crippen molar-refractivity contribution in [3.8, 4) is 0 Å². The van der Waals surface area contributed by atoms with E-state index in [4.69, 9.17) is 4.52 Å². The number of nitrogens with zero attached hydrogens (tertiary/aromatic N) is 2. The fraction of sp³-hybridized carbons (Fsp3) is 0.846. The van der Waals surface area contributed by atoms with E-state index in [-0.39, 0.29) is 10.8 Å². The third-order valence-corrected chi connectivity index (χ3v) is 4.35. The summed E-state index contributed by atoms with van der Waals surface area (Å²) in [6.45, 7) is 9.91. The normalized spacial score (nSPS) is 25.3. The number of nitrogens with one attached hydrogen (secondary N) is 1. The maximum Gasteiger partial charge on any atom is 0.243 e. The minimum Gasteiger partial charge on any atom is -0.338 e. The molecule has 1 aromatic rings. The van der Waals surface area contributed by atoms with E-state index in [2.05, 4.69) is 43.2 Å². The minimum atomic E-state index is 0.235. The van der Waals surface area contributed by atoms with E-state index < -0.39 is 0 Å². The largest absolute Gasteiger partial charge is 0.338 e. The maximum atomic E-state index is 5.38. The molecule has 102 valence electrons. The van der Waals surface area contributed by atoms with Gasteiger partial charge in [-0.15, -0.1) is 11.8 Å². The predicted octanol–water partition coefficient (Wildman–Crippen LogP) is 3.16. The molecule has 2 unspecified atom stereocenters. The third-order valence-electron chi connectivity index (χ3n) is 3.08. The molecule has 5 heteroatoms. The van der Waals surface area contributed by atoms with Crippen molar-refractivity contribution in [2.24, 2.45) is 5.92 Å². The highest BCUT2D eigenvalue weighted by Crippen LogP contribution is 2.28. The van der Waals surface area contributed by atoms with Gasteiger partial charge in [-0.3, -0.25) is 0 Å². The fourth-order valence-electron chi connectivity index (χ4n) is 2.04. The Hall–Kier alpha value is -0.550. The van der Waals surface area contributed by atoms with E-state index in [9.17, 15) is 0 Å². The van der Waals surface area contributed by atoms with Crippen LogP contribution in [-0.4, -0.2) is 21.4 Å². The third kappa shape index (κ3) is 3.99. The molecule has 2 rings (SSSR count). The quantitative estimate of drug-likeness (QED) is 0.913. The van der Waals surface area contributed by atoms with E-state index in [0.717, 1.165) is 36.4 Å². The molecule has 1 aliphatic heterocycles. The van der Waals surface area contributed by atoms with Crippen LogP contribution in [0.1, 0.15) is 58.3 Å². The molecule has 1 N–H and O–H groups in total. The lowest BCUT2D eigenvalue weighted by molar-refractivity contribution is 0.259. The number of hydrogen-bond donors (Lipinski definition) is 1. The first-order valence-corrected chi connectivity index (χ1v) is 7.62. The number of hydrogen-bond acceptors (Lipinski definition) is 5. The van der Waals surface area contributed by atoms with Crippen molar-refractivity contribution in [1.29, 1.82) is 0 Å². The highest BCUT2D eigenvalue weighted by Gasteiger charge is 2.25. The molecule has 0 aliphatic carbocycles. The smallest absolute Gasteiger partial charge is 0.243 e. The van der Waals surface area contributed by atoms with Gasteiger partial charge in [-0.25, -0.2) is 0 Å². The summed E-state index contributed by atoms with van der Waals surface area (Å²) in [7, 11) is 0. The number of piperidine rings is 1. The van der Waals surface area contributed by atoms with Gasteiger partial charge in [0.15, 0.2) is 5.82 Å². The molecule has 0 radical (unpaired) electrons. The summed E-state index contributed by atoms with van der Waals surface area (Å²) in [5, 5.41) is 7.52. The van der Waals surface area contributed by atoms with Crippen molar-refractivity contribution >= 4 is 11.8 Å². The Morgan fingerprint density at radius 3 is 2.89 bits per heavy atom. The number of rotatable bonds is 3. The predicted molar refractivity (Wildman–Crippen MR) is 74.5 cm³/mol. The van der Waals surface area contributed by atoms with Crippen LogP contribution in [0.15, 0.2) is 4.52 Å². The summed E-state index contributed by atoms with van der Waals surface area (Å²) in [6, 6.07) is 0.245. The average Bonchev–Trinajstić information content (AvgIpc) is 2.74. The van der Waals surface area contributed by atoms with E-state index >= 15 is 0 Å². The fourth-order valence-corrected chi connectivity index (χ4v) is 2.72. The second-order valence-electron chi connectivity index (χ2n) is 6.09. The van der Waals surface area contributed by atoms with Crippen LogP contribution < -0.4 is 5.32 Å². The van der Waals surface area contributed by atoms with Gasteiger partial charge in [0.05, 0.1) is 11.8 Å². The first-order chi connectivity index (χ1) is 8.44. The van der Waals surface area contributed by atoms with Crippen LogP contribution in [0.2, 0.25) is 0 Å². The molecule has 0 saturated carbocycles. The molecule has 0 aromatic carbocycles. The van der Waals surface area contributed by atoms with Crippen LogP contribution in [0.3, 0.4) is 0 Å². The number of aromatic nitrogens is 2. The second-order valence-corrected chi connectivity index (χ2v) is 7.89. The molecule has 18 heavy (non-hydrogen) atoms. The Balaban J connectivity index is 1.93. The standard InChI is InChI=1S/C13H23N3OS/c1-9-5-6-14-10(7-9)12-15-11(16-17-12)8-18-13(2,3)4/h9-10,14H,5-8H2,1-4H3. The van der Waals surface area contributed by atoms with Crippen LogP contribution >= 0.6 is 11.8 Å². The molecule has 2 heterocycles. The Morgan fingerprint density at radius 2 is 2.22 bits per heavy atom. The van der Waals surface area contributed by atoms with Crippen molar-refractivity contribution in [3.63, 3.8) is 0 Å². The van der Waals surface area contributed by atoms with Crippen molar-refractivity contribution < 1.29 is 4.52 Å². The molecule has 1 saturated heterocycles. The van der Waals surface area contributed by atoms with Crippen molar-refractivity contribution in [2.45, 2.75) is 57.1 Å². The maximum absolute atomic E-state index is 5.38. The van der Waals surface area contributed by atoms with Gasteiger partial charge in [-0.2, -0.15) is 4.98 Å². The summed E-state index contributed by atoms with van der Waals surface area (Å²) < 4.78 is 5.62. The van der Waals surface area contributed by atoms with Crippen molar-refractivity contribution in [2.75, 3.05) is 6.54 Å². The first kappa shape index (κ1) is 13.9. The molecule has 4 nitrogen and oxygen atoms in total. The van der Waals surface area contributed by atoms with Gasteiger partial charge >= 0.3 is 0 Å². The van der Waals surface area contributed by atoms with E-state index in [0.29, 0.717) is 0 Å². The lowest BCUT2D eigenvalue weighted by Crippen LogP contribution is -2.30. The molecule has 0 spiro atoms. The first-order valence-electron chi connectivity index (χ1n) is 6.64. The van der Waals surface area contributed by atoms with Gasteiger partial charge in [0.2, 0.25) is 5.89 Å². The molecule has 1 aliphatic rings. The lowest BCUT2D eigenvalue weighted by atomic mass is 9.94. The van der Waals surface area contributed by atoms with Crippen LogP contribution in [0.5, 0.6) is 0 Å². The second kappa shape index (κ2) is 5.61. The Morgan fingerprint density at radius 1 is 1.44 bits per heavy atom. The molecule has 1 fully saturated rings. The van der Waals surface area contributed by atoms with Gasteiger partial charge in [0.25, 0.3) is 0 Å². The summed E-state index contributed by atoms with van der Waals surface area (Å²) in [5.41, 5.74) is 0. The summed E-state index contributed by atoms with van der Waals surface area (Å²) in [4.78, 5) is 4.51. The van der Waals surface area contributed by atoms with E-state index in [1.54, 1.807) is 0 Å². The van der Waals surface area contributed by atoms with E-state index in [1.807, 2.05) is 11.8 Å². The van der Waals surface area contributed by atoms with E-state index in [1.165, 1.54) is 6.42 Å². The molecule has 1 aromatic heterocycles. The monoisotopic (exact) mass is 269 g/mol. The van der Waals surface area contributed by atoms with Gasteiger partial charge in [-0.1, -0.05) is 32.9 Å². The van der Waals surface area contributed by atoms with Crippen LogP contribution in [0.4, 0.5) is 0 Å². The van der Waals surface area contributed by atoms with Gasteiger partial charge in [-0.05, 0) is 25.3 Å². The summed E-state index contributed by atoms with van der Waals surface area (Å²) in [5.74, 6) is 3.11. The molecular weight excluding hydrogens is 246 g/mol. The summed E-state index contributed by atoms with van der Waals surface area (Å²) >= 11 is 1.84. The van der Waals surface area contributed by atoms with Gasteiger partial charge in [0, 0.05) is 4.75 Å². The Kier molecular flexibility index (Phi) is 4.33. The van der Waals surface area contributed by atoms with Crippen LogP contribution in [-0.2, 0) is 5.75 Å².